The molecule has 25 heavy (non-hydrogen) atoms. The molecule has 4 heteroatoms. The van der Waals surface area contributed by atoms with Crippen LogP contribution in [-0.2, 0) is 6.54 Å². The van der Waals surface area contributed by atoms with Crippen LogP contribution in [0.4, 0.5) is 4.39 Å². The van der Waals surface area contributed by atoms with Crippen molar-refractivity contribution in [3.8, 4) is 0 Å². The third-order valence-electron chi connectivity index (χ3n) is 4.55. The van der Waals surface area contributed by atoms with Gasteiger partial charge in [-0.25, -0.2) is 4.39 Å². The fourth-order valence-electron chi connectivity index (χ4n) is 3.52. The molecule has 4 aromatic rings. The molecule has 0 fully saturated rings. The molecule has 0 saturated heterocycles. The number of benzene rings is 3. The van der Waals surface area contributed by atoms with Gasteiger partial charge in [0.25, 0.3) is 0 Å². The summed E-state index contributed by atoms with van der Waals surface area (Å²) in [6.07, 6.45) is 0. The second-order valence-corrected chi connectivity index (χ2v) is 6.28. The van der Waals surface area contributed by atoms with Gasteiger partial charge in [-0.3, -0.25) is 4.79 Å². The molecule has 0 saturated carbocycles. The van der Waals surface area contributed by atoms with E-state index in [-0.39, 0.29) is 5.82 Å². The molecule has 2 N–H and O–H groups in total. The molecule has 0 bridgehead atoms. The lowest BCUT2D eigenvalue weighted by Gasteiger charge is -2.09. The van der Waals surface area contributed by atoms with Crippen molar-refractivity contribution >= 4 is 27.7 Å². The average Bonchev–Trinajstić information content (AvgIpc) is 2.90. The number of rotatable bonds is 3. The third kappa shape index (κ3) is 2.47. The Kier molecular flexibility index (Phi) is 3.53. The van der Waals surface area contributed by atoms with E-state index in [9.17, 15) is 9.18 Å². The lowest BCUT2D eigenvalue weighted by atomic mass is 10.1. The Labute approximate surface area is 144 Å². The number of para-hydroxylation sites is 1. The number of fused-ring (bicyclic) bond motifs is 3. The first-order valence-electron chi connectivity index (χ1n) is 8.11. The predicted molar refractivity (Wildman–Crippen MR) is 98.2 cm³/mol. The minimum atomic E-state index is -0.510. The van der Waals surface area contributed by atoms with E-state index in [0.29, 0.717) is 28.4 Å². The highest BCUT2D eigenvalue weighted by atomic mass is 19.1. The maximum absolute atomic E-state index is 14.7. The van der Waals surface area contributed by atoms with Crippen molar-refractivity contribution in [2.45, 2.75) is 13.5 Å². The fraction of sp³-hybridized carbons (Fsp3) is 0.0952. The molecule has 3 nitrogen and oxygen atoms in total. The van der Waals surface area contributed by atoms with E-state index < -0.39 is 5.91 Å². The SMILES string of the molecule is Cc1cccc(Cn2c3cccc(C(N)=O)c3c3cccc(F)c32)c1. The Balaban J connectivity index is 2.08. The number of aromatic nitrogens is 1. The van der Waals surface area contributed by atoms with Crippen LogP contribution in [0.1, 0.15) is 21.5 Å². The van der Waals surface area contributed by atoms with Gasteiger partial charge in [0.1, 0.15) is 5.82 Å². The second kappa shape index (κ2) is 5.74. The average molecular weight is 332 g/mol. The maximum Gasteiger partial charge on any atom is 0.249 e. The van der Waals surface area contributed by atoms with Crippen molar-refractivity contribution in [1.29, 1.82) is 0 Å². The molecule has 0 aliphatic heterocycles. The highest BCUT2D eigenvalue weighted by Gasteiger charge is 2.18. The van der Waals surface area contributed by atoms with Gasteiger partial charge in [0, 0.05) is 22.9 Å². The molecule has 0 radical (unpaired) electrons. The zero-order valence-corrected chi connectivity index (χ0v) is 13.8. The van der Waals surface area contributed by atoms with E-state index in [0.717, 1.165) is 16.6 Å². The molecule has 1 amide bonds. The summed E-state index contributed by atoms with van der Waals surface area (Å²) in [5, 5.41) is 1.41. The van der Waals surface area contributed by atoms with E-state index in [1.807, 2.05) is 41.8 Å². The Morgan fingerprint density at radius 2 is 1.84 bits per heavy atom. The monoisotopic (exact) mass is 332 g/mol. The van der Waals surface area contributed by atoms with Crippen molar-refractivity contribution in [2.75, 3.05) is 0 Å². The van der Waals surface area contributed by atoms with Gasteiger partial charge in [-0.05, 0) is 30.7 Å². The molecule has 0 spiro atoms. The van der Waals surface area contributed by atoms with Gasteiger partial charge in [-0.2, -0.15) is 0 Å². The predicted octanol–water partition coefficient (Wildman–Crippen LogP) is 4.39. The Morgan fingerprint density at radius 3 is 2.60 bits per heavy atom. The summed E-state index contributed by atoms with van der Waals surface area (Å²) in [6, 6.07) is 18.4. The van der Waals surface area contributed by atoms with Gasteiger partial charge in [-0.15, -0.1) is 0 Å². The largest absolute Gasteiger partial charge is 0.366 e. The second-order valence-electron chi connectivity index (χ2n) is 6.28. The van der Waals surface area contributed by atoms with Crippen LogP contribution in [0.3, 0.4) is 0 Å². The zero-order chi connectivity index (χ0) is 17.6. The van der Waals surface area contributed by atoms with Crippen LogP contribution in [-0.4, -0.2) is 10.5 Å². The standard InChI is InChI=1S/C21H17FN2O/c1-13-5-2-6-14(11-13)12-24-18-10-4-8-16(21(23)25)19(18)15-7-3-9-17(22)20(15)24/h2-11H,12H2,1H3,(H2,23,25). The van der Waals surface area contributed by atoms with Gasteiger partial charge in [0.2, 0.25) is 5.91 Å². The van der Waals surface area contributed by atoms with Gasteiger partial charge >= 0.3 is 0 Å². The first kappa shape index (κ1) is 15.4. The highest BCUT2D eigenvalue weighted by molar-refractivity contribution is 6.17. The minimum absolute atomic E-state index is 0.309. The number of carbonyl (C=O) groups excluding carboxylic acids is 1. The van der Waals surface area contributed by atoms with E-state index in [2.05, 4.69) is 6.07 Å². The number of nitrogens with zero attached hydrogens (tertiary/aromatic N) is 1. The summed E-state index contributed by atoms with van der Waals surface area (Å²) in [6.45, 7) is 2.55. The molecule has 0 unspecified atom stereocenters. The van der Waals surface area contributed by atoms with Crippen molar-refractivity contribution in [1.82, 2.24) is 4.57 Å². The van der Waals surface area contributed by atoms with Gasteiger partial charge < -0.3 is 10.3 Å². The molecule has 1 heterocycles. The summed E-state index contributed by atoms with van der Waals surface area (Å²) >= 11 is 0. The molecule has 1 aromatic heterocycles. The van der Waals surface area contributed by atoms with Crippen LogP contribution in [0.15, 0.2) is 60.7 Å². The van der Waals surface area contributed by atoms with Crippen LogP contribution >= 0.6 is 0 Å². The number of hydrogen-bond donors (Lipinski definition) is 1. The normalized spacial score (nSPS) is 11.3. The fourth-order valence-corrected chi connectivity index (χ4v) is 3.52. The van der Waals surface area contributed by atoms with E-state index in [1.165, 1.54) is 6.07 Å². The first-order valence-corrected chi connectivity index (χ1v) is 8.11. The van der Waals surface area contributed by atoms with Crippen molar-refractivity contribution < 1.29 is 9.18 Å². The summed E-state index contributed by atoms with van der Waals surface area (Å²) in [7, 11) is 0. The number of nitrogens with two attached hydrogens (primary N) is 1. The number of halogens is 1. The number of aryl methyl sites for hydroxylation is 1. The molecule has 124 valence electrons. The van der Waals surface area contributed by atoms with E-state index in [1.54, 1.807) is 18.2 Å². The Bertz CT molecular complexity index is 1130. The molecule has 0 aliphatic rings. The van der Waals surface area contributed by atoms with Crippen LogP contribution in [0, 0.1) is 12.7 Å². The molecule has 3 aromatic carbocycles. The van der Waals surface area contributed by atoms with Crippen molar-refractivity contribution in [3.05, 3.63) is 83.2 Å². The first-order chi connectivity index (χ1) is 12.1. The van der Waals surface area contributed by atoms with Crippen LogP contribution in [0.2, 0.25) is 0 Å². The molecular weight excluding hydrogens is 315 g/mol. The van der Waals surface area contributed by atoms with Crippen LogP contribution < -0.4 is 5.73 Å². The third-order valence-corrected chi connectivity index (χ3v) is 4.55. The summed E-state index contributed by atoms with van der Waals surface area (Å²) in [5.74, 6) is -0.818. The minimum Gasteiger partial charge on any atom is -0.366 e. The van der Waals surface area contributed by atoms with Crippen molar-refractivity contribution in [2.24, 2.45) is 5.73 Å². The topological polar surface area (TPSA) is 48.0 Å². The number of hydrogen-bond acceptors (Lipinski definition) is 1. The zero-order valence-electron chi connectivity index (χ0n) is 13.8. The molecule has 0 aliphatic carbocycles. The quantitative estimate of drug-likeness (QED) is 0.594. The van der Waals surface area contributed by atoms with E-state index in [4.69, 9.17) is 5.73 Å². The smallest absolute Gasteiger partial charge is 0.249 e. The van der Waals surface area contributed by atoms with Gasteiger partial charge in [0.15, 0.2) is 0 Å². The lowest BCUT2D eigenvalue weighted by Crippen LogP contribution is -2.11. The molecular formula is C21H17FN2O. The number of primary amides is 1. The summed E-state index contributed by atoms with van der Waals surface area (Å²) in [4.78, 5) is 11.9. The van der Waals surface area contributed by atoms with Crippen LogP contribution in [0.5, 0.6) is 0 Å². The van der Waals surface area contributed by atoms with E-state index >= 15 is 0 Å². The molecule has 4 rings (SSSR count). The highest BCUT2D eigenvalue weighted by Crippen LogP contribution is 2.33. The number of amides is 1. The lowest BCUT2D eigenvalue weighted by molar-refractivity contribution is 0.100. The van der Waals surface area contributed by atoms with Gasteiger partial charge in [0.05, 0.1) is 11.0 Å². The maximum atomic E-state index is 14.7. The Hall–Kier alpha value is -3.14. The Morgan fingerprint density at radius 1 is 1.08 bits per heavy atom. The van der Waals surface area contributed by atoms with Crippen LogP contribution in [0.25, 0.3) is 21.8 Å². The van der Waals surface area contributed by atoms with Gasteiger partial charge in [-0.1, -0.05) is 48.0 Å². The molecule has 0 atom stereocenters. The number of carbonyl (C=O) groups is 1. The summed E-state index contributed by atoms with van der Waals surface area (Å²) < 4.78 is 16.6. The van der Waals surface area contributed by atoms with Crippen molar-refractivity contribution in [3.63, 3.8) is 0 Å². The summed E-state index contributed by atoms with van der Waals surface area (Å²) in [5.41, 5.74) is 9.48.